The van der Waals surface area contributed by atoms with Crippen LogP contribution in [0.5, 0.6) is 0 Å². The molecule has 0 bridgehead atoms. The number of esters is 2. The number of ether oxygens (including phenoxy) is 1. The molecule has 0 heterocycles. The molecule has 0 N–H and O–H groups in total. The SMILES string of the molecule is C=C(CS(=O)(=O)c1ccccc1C)C(=O)OC(=O)c1ccccc1. The quantitative estimate of drug-likeness (QED) is 0.473. The molecule has 2 aromatic carbocycles. The second-order valence-corrected chi connectivity index (χ2v) is 7.13. The van der Waals surface area contributed by atoms with Crippen molar-refractivity contribution < 1.29 is 22.7 Å². The summed E-state index contributed by atoms with van der Waals surface area (Å²) >= 11 is 0. The first-order valence-corrected chi connectivity index (χ1v) is 8.74. The van der Waals surface area contributed by atoms with Crippen LogP contribution in [0.1, 0.15) is 15.9 Å². The van der Waals surface area contributed by atoms with Gasteiger partial charge in [0.05, 0.1) is 16.2 Å². The van der Waals surface area contributed by atoms with Crippen molar-refractivity contribution in [1.82, 2.24) is 0 Å². The highest BCUT2D eigenvalue weighted by atomic mass is 32.2. The smallest absolute Gasteiger partial charge is 0.346 e. The van der Waals surface area contributed by atoms with Crippen molar-refractivity contribution in [2.24, 2.45) is 0 Å². The van der Waals surface area contributed by atoms with Gasteiger partial charge >= 0.3 is 11.9 Å². The molecule has 0 saturated heterocycles. The number of carbonyl (C=O) groups excluding carboxylic acids is 2. The Morgan fingerprint density at radius 2 is 1.58 bits per heavy atom. The van der Waals surface area contributed by atoms with Gasteiger partial charge in [-0.2, -0.15) is 0 Å². The highest BCUT2D eigenvalue weighted by molar-refractivity contribution is 7.91. The Hall–Kier alpha value is -2.73. The molecule has 0 amide bonds. The van der Waals surface area contributed by atoms with E-state index >= 15 is 0 Å². The molecular formula is C18H16O5S. The van der Waals surface area contributed by atoms with E-state index in [0.717, 1.165) is 0 Å². The number of hydrogen-bond acceptors (Lipinski definition) is 5. The molecule has 0 atom stereocenters. The Morgan fingerprint density at radius 1 is 1.00 bits per heavy atom. The number of hydrogen-bond donors (Lipinski definition) is 0. The summed E-state index contributed by atoms with van der Waals surface area (Å²) in [4.78, 5) is 23.8. The summed E-state index contributed by atoms with van der Waals surface area (Å²) in [5.74, 6) is -2.52. The summed E-state index contributed by atoms with van der Waals surface area (Å²) < 4.78 is 29.4. The van der Waals surface area contributed by atoms with Crippen molar-refractivity contribution in [1.29, 1.82) is 0 Å². The average Bonchev–Trinajstić information content (AvgIpc) is 2.55. The fraction of sp³-hybridized carbons (Fsp3) is 0.111. The third-order valence-corrected chi connectivity index (χ3v) is 5.13. The lowest BCUT2D eigenvalue weighted by Gasteiger charge is -2.09. The van der Waals surface area contributed by atoms with Crippen molar-refractivity contribution >= 4 is 21.8 Å². The van der Waals surface area contributed by atoms with Crippen LogP contribution in [0.4, 0.5) is 0 Å². The molecule has 0 aliphatic rings. The zero-order valence-electron chi connectivity index (χ0n) is 13.1. The van der Waals surface area contributed by atoms with Crippen LogP contribution >= 0.6 is 0 Å². The first-order valence-electron chi connectivity index (χ1n) is 7.09. The maximum atomic E-state index is 12.4. The van der Waals surface area contributed by atoms with Crippen molar-refractivity contribution in [3.63, 3.8) is 0 Å². The zero-order chi connectivity index (χ0) is 17.7. The molecule has 0 radical (unpaired) electrons. The van der Waals surface area contributed by atoms with Crippen LogP contribution in [0, 0.1) is 6.92 Å². The summed E-state index contributed by atoms with van der Waals surface area (Å²) in [5.41, 5.74) is 0.460. The van der Waals surface area contributed by atoms with Gasteiger partial charge < -0.3 is 4.74 Å². The van der Waals surface area contributed by atoms with Gasteiger partial charge in [0.25, 0.3) is 0 Å². The molecular weight excluding hydrogens is 328 g/mol. The standard InChI is InChI=1S/C18H16O5S/c1-13-8-6-7-11-16(13)24(21,22)12-14(2)17(19)23-18(20)15-9-4-3-5-10-15/h3-11H,2,12H2,1H3. The lowest BCUT2D eigenvalue weighted by Crippen LogP contribution is -2.20. The van der Waals surface area contributed by atoms with Crippen LogP contribution in [0.3, 0.4) is 0 Å². The van der Waals surface area contributed by atoms with Gasteiger partial charge in [0.1, 0.15) is 0 Å². The Bertz CT molecular complexity index is 883. The van der Waals surface area contributed by atoms with Crippen LogP contribution < -0.4 is 0 Å². The number of carbonyl (C=O) groups is 2. The molecule has 0 unspecified atom stereocenters. The minimum absolute atomic E-state index is 0.119. The topological polar surface area (TPSA) is 77.5 Å². The van der Waals surface area contributed by atoms with Crippen LogP contribution in [0.2, 0.25) is 0 Å². The average molecular weight is 344 g/mol. The molecule has 0 aliphatic carbocycles. The minimum Gasteiger partial charge on any atom is -0.386 e. The van der Waals surface area contributed by atoms with E-state index < -0.39 is 27.5 Å². The van der Waals surface area contributed by atoms with Crippen LogP contribution in [-0.2, 0) is 19.4 Å². The van der Waals surface area contributed by atoms with Crippen LogP contribution in [0.15, 0.2) is 71.6 Å². The Morgan fingerprint density at radius 3 is 2.21 bits per heavy atom. The molecule has 0 saturated carbocycles. The first-order chi connectivity index (χ1) is 11.3. The maximum absolute atomic E-state index is 12.4. The largest absolute Gasteiger partial charge is 0.386 e. The molecule has 0 spiro atoms. The van der Waals surface area contributed by atoms with Crippen molar-refractivity contribution in [3.05, 3.63) is 77.9 Å². The zero-order valence-corrected chi connectivity index (χ0v) is 13.9. The van der Waals surface area contributed by atoms with E-state index in [1.54, 1.807) is 43.3 Å². The van der Waals surface area contributed by atoms with Crippen molar-refractivity contribution in [3.8, 4) is 0 Å². The number of sulfone groups is 1. The number of rotatable bonds is 5. The van der Waals surface area contributed by atoms with Gasteiger partial charge in [0.15, 0.2) is 9.84 Å². The van der Waals surface area contributed by atoms with E-state index in [9.17, 15) is 18.0 Å². The van der Waals surface area contributed by atoms with Gasteiger partial charge in [-0.3, -0.25) is 0 Å². The molecule has 124 valence electrons. The predicted octanol–water partition coefficient (Wildman–Crippen LogP) is 2.71. The highest BCUT2D eigenvalue weighted by Gasteiger charge is 2.23. The summed E-state index contributed by atoms with van der Waals surface area (Å²) in [6.07, 6.45) is 0. The summed E-state index contributed by atoms with van der Waals surface area (Å²) in [7, 11) is -3.75. The lowest BCUT2D eigenvalue weighted by molar-refractivity contribution is -0.133. The van der Waals surface area contributed by atoms with Crippen molar-refractivity contribution in [2.75, 3.05) is 5.75 Å². The first kappa shape index (κ1) is 17.6. The maximum Gasteiger partial charge on any atom is 0.346 e. The highest BCUT2D eigenvalue weighted by Crippen LogP contribution is 2.18. The second-order valence-electron chi connectivity index (χ2n) is 5.17. The fourth-order valence-corrected chi connectivity index (χ4v) is 3.64. The van der Waals surface area contributed by atoms with E-state index in [-0.39, 0.29) is 16.0 Å². The van der Waals surface area contributed by atoms with Crippen LogP contribution in [0.25, 0.3) is 0 Å². The third kappa shape index (κ3) is 4.17. The molecule has 2 rings (SSSR count). The number of benzene rings is 2. The predicted molar refractivity (Wildman–Crippen MR) is 89.2 cm³/mol. The van der Waals surface area contributed by atoms with E-state index in [1.807, 2.05) is 0 Å². The summed E-state index contributed by atoms with van der Waals surface area (Å²) in [6, 6.07) is 14.4. The van der Waals surface area contributed by atoms with Gasteiger partial charge in [-0.05, 0) is 30.7 Å². The molecule has 24 heavy (non-hydrogen) atoms. The molecule has 0 fully saturated rings. The van der Waals surface area contributed by atoms with Gasteiger partial charge in [-0.25, -0.2) is 18.0 Å². The minimum atomic E-state index is -3.75. The van der Waals surface area contributed by atoms with E-state index in [1.165, 1.54) is 18.2 Å². The fourth-order valence-electron chi connectivity index (χ4n) is 2.06. The van der Waals surface area contributed by atoms with Gasteiger partial charge in [0.2, 0.25) is 0 Å². The Labute approximate surface area is 140 Å². The third-order valence-electron chi connectivity index (χ3n) is 3.28. The van der Waals surface area contributed by atoms with Crippen molar-refractivity contribution in [2.45, 2.75) is 11.8 Å². The molecule has 0 aliphatic heterocycles. The lowest BCUT2D eigenvalue weighted by atomic mass is 10.2. The normalized spacial score (nSPS) is 10.9. The van der Waals surface area contributed by atoms with Gasteiger partial charge in [0, 0.05) is 5.57 Å². The molecule has 0 aromatic heterocycles. The van der Waals surface area contributed by atoms with Gasteiger partial charge in [-0.1, -0.05) is 43.0 Å². The second kappa shape index (κ2) is 7.23. The summed E-state index contributed by atoms with van der Waals surface area (Å²) in [5, 5.41) is 0. The molecule has 6 heteroatoms. The Kier molecular flexibility index (Phi) is 5.31. The van der Waals surface area contributed by atoms with E-state index in [2.05, 4.69) is 11.3 Å². The van der Waals surface area contributed by atoms with E-state index in [4.69, 9.17) is 0 Å². The molecule has 5 nitrogen and oxygen atoms in total. The monoisotopic (exact) mass is 344 g/mol. The van der Waals surface area contributed by atoms with Gasteiger partial charge in [-0.15, -0.1) is 0 Å². The molecule has 2 aromatic rings. The van der Waals surface area contributed by atoms with E-state index in [0.29, 0.717) is 5.56 Å². The summed E-state index contributed by atoms with van der Waals surface area (Å²) in [6.45, 7) is 5.10. The number of aryl methyl sites for hydroxylation is 1. The Balaban J connectivity index is 2.08. The van der Waals surface area contributed by atoms with Crippen LogP contribution in [-0.4, -0.2) is 26.1 Å².